The van der Waals surface area contributed by atoms with E-state index in [1.54, 1.807) is 11.9 Å². The Balaban J connectivity index is 1.88. The lowest BCUT2D eigenvalue weighted by Gasteiger charge is -2.38. The molecule has 2 rings (SSSR count). The van der Waals surface area contributed by atoms with Crippen LogP contribution in [0.25, 0.3) is 0 Å². The van der Waals surface area contributed by atoms with Crippen LogP contribution in [0.3, 0.4) is 0 Å². The van der Waals surface area contributed by atoms with Gasteiger partial charge in [0.05, 0.1) is 18.1 Å². The van der Waals surface area contributed by atoms with Crippen LogP contribution in [0, 0.1) is 0 Å². The lowest BCUT2D eigenvalue weighted by atomic mass is 10.1. The van der Waals surface area contributed by atoms with Crippen LogP contribution in [-0.4, -0.2) is 80.9 Å². The Hall–Kier alpha value is -0.660. The van der Waals surface area contributed by atoms with Crippen molar-refractivity contribution >= 4 is 15.7 Å². The van der Waals surface area contributed by atoms with E-state index in [0.29, 0.717) is 19.0 Å². The topological polar surface area (TPSA) is 69.7 Å². The summed E-state index contributed by atoms with van der Waals surface area (Å²) in [6.45, 7) is 5.14. The molecule has 2 aliphatic rings. The van der Waals surface area contributed by atoms with Gasteiger partial charge in [0.2, 0.25) is 5.91 Å². The number of nitrogens with zero attached hydrogens (tertiary/aromatic N) is 2. The molecule has 2 fully saturated rings. The van der Waals surface area contributed by atoms with Gasteiger partial charge in [-0.15, -0.1) is 0 Å². The molecule has 0 aromatic carbocycles. The van der Waals surface area contributed by atoms with Gasteiger partial charge in [0.25, 0.3) is 0 Å². The van der Waals surface area contributed by atoms with E-state index in [9.17, 15) is 13.2 Å². The van der Waals surface area contributed by atoms with E-state index in [-0.39, 0.29) is 23.5 Å². The van der Waals surface area contributed by atoms with Gasteiger partial charge < -0.3 is 10.2 Å². The molecule has 19 heavy (non-hydrogen) atoms. The van der Waals surface area contributed by atoms with E-state index in [4.69, 9.17) is 0 Å². The zero-order chi connectivity index (χ0) is 14.0. The fourth-order valence-corrected chi connectivity index (χ4v) is 4.37. The first-order valence-corrected chi connectivity index (χ1v) is 8.66. The molecule has 1 N–H and O–H groups in total. The molecule has 1 amide bonds. The SMILES string of the molecule is CCN(CC(=O)N(C)C1CCS(=O)(=O)C1)C1CNC1. The smallest absolute Gasteiger partial charge is 0.236 e. The van der Waals surface area contributed by atoms with E-state index in [1.165, 1.54) is 0 Å². The van der Waals surface area contributed by atoms with Gasteiger partial charge in [-0.25, -0.2) is 8.42 Å². The van der Waals surface area contributed by atoms with Crippen LogP contribution in [-0.2, 0) is 14.6 Å². The highest BCUT2D eigenvalue weighted by molar-refractivity contribution is 7.91. The zero-order valence-corrected chi connectivity index (χ0v) is 12.4. The molecule has 2 aliphatic heterocycles. The number of carbonyl (C=O) groups is 1. The molecule has 1 atom stereocenters. The molecule has 6 nitrogen and oxygen atoms in total. The van der Waals surface area contributed by atoms with Gasteiger partial charge in [0, 0.05) is 32.2 Å². The third-order valence-corrected chi connectivity index (χ3v) is 5.92. The minimum absolute atomic E-state index is 0.0239. The van der Waals surface area contributed by atoms with Crippen LogP contribution in [0.4, 0.5) is 0 Å². The van der Waals surface area contributed by atoms with Crippen molar-refractivity contribution in [3.8, 4) is 0 Å². The Morgan fingerprint density at radius 3 is 2.42 bits per heavy atom. The fourth-order valence-electron chi connectivity index (χ4n) is 2.60. The molecule has 0 aromatic heterocycles. The van der Waals surface area contributed by atoms with Crippen LogP contribution in [0.2, 0.25) is 0 Å². The molecule has 7 heteroatoms. The Kier molecular flexibility index (Phi) is 4.47. The van der Waals surface area contributed by atoms with Gasteiger partial charge in [-0.05, 0) is 13.0 Å². The number of amides is 1. The molecule has 0 spiro atoms. The Labute approximate surface area is 115 Å². The maximum Gasteiger partial charge on any atom is 0.236 e. The molecule has 0 aliphatic carbocycles. The van der Waals surface area contributed by atoms with Crippen molar-refractivity contribution in [1.29, 1.82) is 0 Å². The third kappa shape index (κ3) is 3.46. The van der Waals surface area contributed by atoms with Gasteiger partial charge in [-0.1, -0.05) is 6.92 Å². The maximum absolute atomic E-state index is 12.2. The van der Waals surface area contributed by atoms with Crippen LogP contribution < -0.4 is 5.32 Å². The van der Waals surface area contributed by atoms with Crippen molar-refractivity contribution in [1.82, 2.24) is 15.1 Å². The maximum atomic E-state index is 12.2. The zero-order valence-electron chi connectivity index (χ0n) is 11.6. The highest BCUT2D eigenvalue weighted by atomic mass is 32.2. The second-order valence-corrected chi connectivity index (χ2v) is 7.67. The van der Waals surface area contributed by atoms with E-state index in [1.807, 2.05) is 6.92 Å². The average molecular weight is 289 g/mol. The quantitative estimate of drug-likeness (QED) is 0.698. The first-order valence-electron chi connectivity index (χ1n) is 6.84. The number of carbonyl (C=O) groups excluding carboxylic acids is 1. The van der Waals surface area contributed by atoms with Crippen LogP contribution in [0.15, 0.2) is 0 Å². The molecule has 110 valence electrons. The third-order valence-electron chi connectivity index (χ3n) is 4.17. The Morgan fingerprint density at radius 2 is 2.00 bits per heavy atom. The Morgan fingerprint density at radius 1 is 1.32 bits per heavy atom. The summed E-state index contributed by atoms with van der Waals surface area (Å²) in [5.74, 6) is 0.349. The first kappa shape index (κ1) is 14.7. The normalized spacial score (nSPS) is 26.4. The average Bonchev–Trinajstić information content (AvgIpc) is 2.65. The second-order valence-electron chi connectivity index (χ2n) is 5.44. The Bertz CT molecular complexity index is 434. The number of hydrogen-bond donors (Lipinski definition) is 1. The number of likely N-dealkylation sites (N-methyl/N-ethyl adjacent to an activating group) is 2. The van der Waals surface area contributed by atoms with E-state index >= 15 is 0 Å². The summed E-state index contributed by atoms with van der Waals surface area (Å²) in [5, 5.41) is 3.20. The summed E-state index contributed by atoms with van der Waals surface area (Å²) in [5.41, 5.74) is 0. The number of nitrogens with one attached hydrogen (secondary N) is 1. The van der Waals surface area contributed by atoms with Crippen LogP contribution in [0.5, 0.6) is 0 Å². The van der Waals surface area contributed by atoms with Crippen molar-refractivity contribution in [3.63, 3.8) is 0 Å². The van der Waals surface area contributed by atoms with Crippen molar-refractivity contribution in [2.45, 2.75) is 25.4 Å². The predicted molar refractivity (Wildman–Crippen MR) is 73.7 cm³/mol. The van der Waals surface area contributed by atoms with Crippen molar-refractivity contribution in [2.24, 2.45) is 0 Å². The summed E-state index contributed by atoms with van der Waals surface area (Å²) in [6, 6.07) is 0.297. The molecule has 1 unspecified atom stereocenters. The van der Waals surface area contributed by atoms with Gasteiger partial charge in [0.15, 0.2) is 9.84 Å². The summed E-state index contributed by atoms with van der Waals surface area (Å²) < 4.78 is 22.9. The highest BCUT2D eigenvalue weighted by Crippen LogP contribution is 2.17. The molecule has 0 radical (unpaired) electrons. The molecule has 0 aromatic rings. The summed E-state index contributed by atoms with van der Waals surface area (Å²) in [7, 11) is -1.21. The molecule has 0 bridgehead atoms. The molecule has 2 heterocycles. The van der Waals surface area contributed by atoms with E-state index in [0.717, 1.165) is 19.6 Å². The fraction of sp³-hybridized carbons (Fsp3) is 0.917. The van der Waals surface area contributed by atoms with Crippen molar-refractivity contribution in [3.05, 3.63) is 0 Å². The summed E-state index contributed by atoms with van der Waals surface area (Å²) in [4.78, 5) is 16.0. The van der Waals surface area contributed by atoms with Crippen LogP contribution >= 0.6 is 0 Å². The summed E-state index contributed by atoms with van der Waals surface area (Å²) in [6.07, 6.45) is 0.571. The minimum Gasteiger partial charge on any atom is -0.341 e. The molecule has 2 saturated heterocycles. The van der Waals surface area contributed by atoms with Gasteiger partial charge in [-0.2, -0.15) is 0 Å². The predicted octanol–water partition coefficient (Wildman–Crippen LogP) is -1.07. The van der Waals surface area contributed by atoms with Crippen molar-refractivity contribution in [2.75, 3.05) is 44.7 Å². The van der Waals surface area contributed by atoms with E-state index < -0.39 is 9.84 Å². The lowest BCUT2D eigenvalue weighted by molar-refractivity contribution is -0.133. The van der Waals surface area contributed by atoms with Gasteiger partial charge >= 0.3 is 0 Å². The van der Waals surface area contributed by atoms with Crippen LogP contribution in [0.1, 0.15) is 13.3 Å². The monoisotopic (exact) mass is 289 g/mol. The second kappa shape index (κ2) is 5.76. The molecular formula is C12H23N3O3S. The molecular weight excluding hydrogens is 266 g/mol. The summed E-state index contributed by atoms with van der Waals surface area (Å²) >= 11 is 0. The van der Waals surface area contributed by atoms with Gasteiger partial charge in [0.1, 0.15) is 0 Å². The largest absolute Gasteiger partial charge is 0.341 e. The van der Waals surface area contributed by atoms with Gasteiger partial charge in [-0.3, -0.25) is 9.69 Å². The minimum atomic E-state index is -2.94. The van der Waals surface area contributed by atoms with Crippen molar-refractivity contribution < 1.29 is 13.2 Å². The number of sulfone groups is 1. The lowest BCUT2D eigenvalue weighted by Crippen LogP contribution is -2.59. The highest BCUT2D eigenvalue weighted by Gasteiger charge is 2.34. The molecule has 0 saturated carbocycles. The standard InChI is InChI=1S/C12H23N3O3S/c1-3-15(11-6-13-7-11)8-12(16)14(2)10-4-5-19(17,18)9-10/h10-11,13H,3-9H2,1-2H3. The first-order chi connectivity index (χ1) is 8.93. The van der Waals surface area contributed by atoms with E-state index in [2.05, 4.69) is 10.2 Å². The number of rotatable bonds is 5. The number of hydrogen-bond acceptors (Lipinski definition) is 5.